The second-order valence-electron chi connectivity index (χ2n) is 5.91. The number of phenolic OH excluding ortho intramolecular Hbond substituents is 2. The number of rotatable bonds is 5. The van der Waals surface area contributed by atoms with Crippen LogP contribution in [-0.4, -0.2) is 43.9 Å². The summed E-state index contributed by atoms with van der Waals surface area (Å²) in [7, 11) is 4.47. The molecule has 1 unspecified atom stereocenters. The maximum Gasteiger partial charge on any atom is 0.203 e. The molecule has 0 aliphatic carbocycles. The van der Waals surface area contributed by atoms with E-state index in [0.29, 0.717) is 34.8 Å². The number of ether oxygens (including phenoxy) is 4. The molecule has 26 heavy (non-hydrogen) atoms. The minimum Gasteiger partial charge on any atom is -0.504 e. The first kappa shape index (κ1) is 17.7. The van der Waals surface area contributed by atoms with E-state index in [2.05, 4.69) is 0 Å². The van der Waals surface area contributed by atoms with Gasteiger partial charge in [0.05, 0.1) is 33.9 Å². The van der Waals surface area contributed by atoms with Crippen LogP contribution in [0.3, 0.4) is 0 Å². The molecule has 2 N–H and O–H groups in total. The predicted molar refractivity (Wildman–Crippen MR) is 92.9 cm³/mol. The number of fused-ring (bicyclic) bond motifs is 1. The van der Waals surface area contributed by atoms with Crippen LogP contribution in [0.4, 0.5) is 0 Å². The minimum absolute atomic E-state index is 0.0967. The zero-order chi connectivity index (χ0) is 18.8. The van der Waals surface area contributed by atoms with Gasteiger partial charge in [-0.3, -0.25) is 4.79 Å². The second-order valence-corrected chi connectivity index (χ2v) is 5.91. The normalized spacial score (nSPS) is 15.6. The number of hydrogen-bond donors (Lipinski definition) is 2. The van der Waals surface area contributed by atoms with Crippen molar-refractivity contribution in [3.8, 4) is 34.5 Å². The van der Waals surface area contributed by atoms with Gasteiger partial charge in [0.15, 0.2) is 28.8 Å². The van der Waals surface area contributed by atoms with Gasteiger partial charge in [-0.05, 0) is 30.2 Å². The molecule has 0 saturated heterocycles. The molecular weight excluding hydrogens is 340 g/mol. The summed E-state index contributed by atoms with van der Waals surface area (Å²) in [5.41, 5.74) is 1.08. The molecule has 1 aliphatic rings. The Labute approximate surface area is 150 Å². The van der Waals surface area contributed by atoms with Gasteiger partial charge in [-0.15, -0.1) is 0 Å². The van der Waals surface area contributed by atoms with Gasteiger partial charge in [0, 0.05) is 5.56 Å². The number of ketones is 1. The molecule has 138 valence electrons. The minimum atomic E-state index is -0.436. The van der Waals surface area contributed by atoms with Gasteiger partial charge in [-0.25, -0.2) is 0 Å². The van der Waals surface area contributed by atoms with Gasteiger partial charge in [0.1, 0.15) is 0 Å². The summed E-state index contributed by atoms with van der Waals surface area (Å²) in [5, 5.41) is 19.4. The highest BCUT2D eigenvalue weighted by atomic mass is 16.5. The Bertz CT molecular complexity index is 819. The third-order valence-corrected chi connectivity index (χ3v) is 4.41. The maximum atomic E-state index is 13.0. The van der Waals surface area contributed by atoms with Crippen LogP contribution in [0.2, 0.25) is 0 Å². The number of phenols is 2. The van der Waals surface area contributed by atoms with E-state index in [9.17, 15) is 15.0 Å². The Balaban J connectivity index is 1.92. The van der Waals surface area contributed by atoms with Crippen molar-refractivity contribution in [2.45, 2.75) is 6.42 Å². The molecule has 1 atom stereocenters. The number of carbonyl (C=O) groups excluding carboxylic acids is 1. The van der Waals surface area contributed by atoms with Crippen molar-refractivity contribution in [1.29, 1.82) is 0 Å². The molecule has 0 aromatic heterocycles. The van der Waals surface area contributed by atoms with Crippen LogP contribution in [0, 0.1) is 5.92 Å². The highest BCUT2D eigenvalue weighted by Crippen LogP contribution is 2.43. The van der Waals surface area contributed by atoms with E-state index in [1.165, 1.54) is 27.4 Å². The number of benzene rings is 2. The summed E-state index contributed by atoms with van der Waals surface area (Å²) < 4.78 is 21.4. The van der Waals surface area contributed by atoms with Gasteiger partial charge < -0.3 is 29.2 Å². The molecule has 7 nitrogen and oxygen atoms in total. The monoisotopic (exact) mass is 360 g/mol. The summed E-state index contributed by atoms with van der Waals surface area (Å²) in [6.07, 6.45) is 0.388. The van der Waals surface area contributed by atoms with Gasteiger partial charge >= 0.3 is 0 Å². The first-order chi connectivity index (χ1) is 12.5. The van der Waals surface area contributed by atoms with E-state index >= 15 is 0 Å². The molecule has 2 aromatic carbocycles. The molecule has 0 bridgehead atoms. The molecule has 0 fully saturated rings. The molecule has 1 aliphatic heterocycles. The molecule has 1 heterocycles. The average molecular weight is 360 g/mol. The SMILES string of the molecule is COc1cc(C(=O)C2COc3c(ccc(O)c3O)C2)cc(OC)c1OC. The van der Waals surface area contributed by atoms with E-state index < -0.39 is 5.92 Å². The molecule has 0 spiro atoms. The molecule has 2 aromatic rings. The van der Waals surface area contributed by atoms with Crippen molar-refractivity contribution in [3.63, 3.8) is 0 Å². The lowest BCUT2D eigenvalue weighted by atomic mass is 9.89. The Morgan fingerprint density at radius 1 is 1.08 bits per heavy atom. The fourth-order valence-electron chi connectivity index (χ4n) is 3.06. The lowest BCUT2D eigenvalue weighted by Crippen LogP contribution is -2.28. The number of aromatic hydroxyl groups is 2. The first-order valence-electron chi connectivity index (χ1n) is 8.01. The number of carbonyl (C=O) groups is 1. The first-order valence-corrected chi connectivity index (χ1v) is 8.01. The molecule has 0 amide bonds. The molecular formula is C19H20O7. The quantitative estimate of drug-likeness (QED) is 0.625. The molecule has 0 radical (unpaired) electrons. The summed E-state index contributed by atoms with van der Waals surface area (Å²) >= 11 is 0. The van der Waals surface area contributed by atoms with Crippen LogP contribution in [-0.2, 0) is 6.42 Å². The van der Waals surface area contributed by atoms with Crippen molar-refractivity contribution < 1.29 is 34.0 Å². The van der Waals surface area contributed by atoms with E-state index in [1.54, 1.807) is 18.2 Å². The maximum absolute atomic E-state index is 13.0. The summed E-state index contributed by atoms with van der Waals surface area (Å²) in [6.45, 7) is 0.0967. The van der Waals surface area contributed by atoms with E-state index in [1.807, 2.05) is 0 Å². The topological polar surface area (TPSA) is 94.5 Å². The number of hydrogen-bond acceptors (Lipinski definition) is 7. The van der Waals surface area contributed by atoms with Crippen LogP contribution in [0.15, 0.2) is 24.3 Å². The van der Waals surface area contributed by atoms with Crippen molar-refractivity contribution in [2.75, 3.05) is 27.9 Å². The van der Waals surface area contributed by atoms with Crippen LogP contribution < -0.4 is 18.9 Å². The van der Waals surface area contributed by atoms with Crippen LogP contribution in [0.25, 0.3) is 0 Å². The lowest BCUT2D eigenvalue weighted by Gasteiger charge is -2.25. The standard InChI is InChI=1S/C19H20O7/c1-23-14-7-11(8-15(24-2)19(14)25-3)16(21)12-6-10-4-5-13(20)17(22)18(10)26-9-12/h4-5,7-8,12,20,22H,6,9H2,1-3H3. The fourth-order valence-corrected chi connectivity index (χ4v) is 3.06. The fraction of sp³-hybridized carbons (Fsp3) is 0.316. The molecule has 0 saturated carbocycles. The van der Waals surface area contributed by atoms with E-state index in [0.717, 1.165) is 0 Å². The van der Waals surface area contributed by atoms with Gasteiger partial charge in [-0.1, -0.05) is 6.07 Å². The Hall–Kier alpha value is -3.09. The molecule has 3 rings (SSSR count). The van der Waals surface area contributed by atoms with Crippen molar-refractivity contribution in [1.82, 2.24) is 0 Å². The van der Waals surface area contributed by atoms with Crippen molar-refractivity contribution >= 4 is 5.78 Å². The van der Waals surface area contributed by atoms with Gasteiger partial charge in [0.25, 0.3) is 0 Å². The highest BCUT2D eigenvalue weighted by Gasteiger charge is 2.30. The van der Waals surface area contributed by atoms with Gasteiger partial charge in [-0.2, -0.15) is 0 Å². The summed E-state index contributed by atoms with van der Waals surface area (Å²) in [4.78, 5) is 13.0. The largest absolute Gasteiger partial charge is 0.504 e. The smallest absolute Gasteiger partial charge is 0.203 e. The molecule has 7 heteroatoms. The number of methoxy groups -OCH3 is 3. The summed E-state index contributed by atoms with van der Waals surface area (Å²) in [5.74, 6) is 0.303. The third-order valence-electron chi connectivity index (χ3n) is 4.41. The van der Waals surface area contributed by atoms with Crippen LogP contribution >= 0.6 is 0 Å². The second kappa shape index (κ2) is 7.03. The summed E-state index contributed by atoms with van der Waals surface area (Å²) in [6, 6.07) is 6.23. The lowest BCUT2D eigenvalue weighted by molar-refractivity contribution is 0.0850. The Morgan fingerprint density at radius 2 is 1.73 bits per heavy atom. The third kappa shape index (κ3) is 2.96. The van der Waals surface area contributed by atoms with Gasteiger partial charge in [0.2, 0.25) is 11.5 Å². The zero-order valence-electron chi connectivity index (χ0n) is 14.7. The number of Topliss-reactive ketones (excluding diaryl/α,β-unsaturated/α-hetero) is 1. The zero-order valence-corrected chi connectivity index (χ0v) is 14.7. The van der Waals surface area contributed by atoms with E-state index in [4.69, 9.17) is 18.9 Å². The Morgan fingerprint density at radius 3 is 2.31 bits per heavy atom. The van der Waals surface area contributed by atoms with Crippen LogP contribution in [0.1, 0.15) is 15.9 Å². The van der Waals surface area contributed by atoms with Crippen molar-refractivity contribution in [3.05, 3.63) is 35.4 Å². The average Bonchev–Trinajstić information content (AvgIpc) is 2.68. The predicted octanol–water partition coefficient (Wildman–Crippen LogP) is 2.56. The highest BCUT2D eigenvalue weighted by molar-refractivity contribution is 5.99. The van der Waals surface area contributed by atoms with Crippen molar-refractivity contribution in [2.24, 2.45) is 5.92 Å². The van der Waals surface area contributed by atoms with Crippen LogP contribution in [0.5, 0.6) is 34.5 Å². The Kier molecular flexibility index (Phi) is 4.79. The van der Waals surface area contributed by atoms with E-state index in [-0.39, 0.29) is 29.6 Å².